The molecule has 8 heteroatoms. The number of thiazole rings is 1. The molecule has 5 nitrogen and oxygen atoms in total. The largest absolute Gasteiger partial charge is 0.368 e. The SMILES string of the molecule is CCCCCCCCS[N+](OCC)(C1CCCCC1)S(=O)(=O)c1ccc2scnc2c1. The average molecular weight is 486 g/mol. The van der Waals surface area contributed by atoms with Gasteiger partial charge < -0.3 is 0 Å². The molecule has 1 fully saturated rings. The summed E-state index contributed by atoms with van der Waals surface area (Å²) in [5.74, 6) is 0.792. The van der Waals surface area contributed by atoms with Crippen molar-refractivity contribution in [1.82, 2.24) is 4.98 Å². The highest BCUT2D eigenvalue weighted by Crippen LogP contribution is 2.43. The molecule has 3 rings (SSSR count). The zero-order valence-electron chi connectivity index (χ0n) is 18.9. The molecule has 0 bridgehead atoms. The van der Waals surface area contributed by atoms with E-state index in [1.54, 1.807) is 17.6 Å². The number of hydrogen-bond donors (Lipinski definition) is 0. The second-order valence-corrected chi connectivity index (χ2v) is 12.6. The summed E-state index contributed by atoms with van der Waals surface area (Å²) in [4.78, 5) is 10.9. The standard InChI is InChI=1S/C23H37N2O3S3/c1-3-5-6-7-8-12-17-30-25(28-4-2,20-13-10-9-11-14-20)31(26,27)21-15-16-23-22(18-21)24-19-29-23/h15-16,18-20H,3-14,17H2,1-2H3/q+1. The van der Waals surface area contributed by atoms with E-state index in [-0.39, 0.29) is 9.50 Å². The van der Waals surface area contributed by atoms with Crippen LogP contribution in [0, 0.1) is 0 Å². The lowest BCUT2D eigenvalue weighted by Crippen LogP contribution is -2.54. The van der Waals surface area contributed by atoms with Crippen LogP contribution in [0.15, 0.2) is 28.6 Å². The number of sulfonamides is 1. The van der Waals surface area contributed by atoms with Gasteiger partial charge in [0, 0.05) is 12.8 Å². The Morgan fingerprint density at radius 2 is 1.84 bits per heavy atom. The van der Waals surface area contributed by atoms with Gasteiger partial charge in [-0.25, -0.2) is 4.98 Å². The highest BCUT2D eigenvalue weighted by atomic mass is 32.3. The van der Waals surface area contributed by atoms with E-state index >= 15 is 0 Å². The van der Waals surface area contributed by atoms with E-state index in [4.69, 9.17) is 4.84 Å². The molecule has 1 aliphatic carbocycles. The predicted octanol–water partition coefficient (Wildman–Crippen LogP) is 7.09. The molecular weight excluding hydrogens is 448 g/mol. The van der Waals surface area contributed by atoms with Crippen LogP contribution in [0.1, 0.15) is 84.5 Å². The second kappa shape index (κ2) is 12.0. The summed E-state index contributed by atoms with van der Waals surface area (Å²) < 4.78 is 28.9. The number of aromatic nitrogens is 1. The van der Waals surface area contributed by atoms with Crippen molar-refractivity contribution >= 4 is 43.5 Å². The highest BCUT2D eigenvalue weighted by Gasteiger charge is 2.54. The maximum absolute atomic E-state index is 14.1. The molecule has 0 radical (unpaired) electrons. The number of rotatable bonds is 13. The van der Waals surface area contributed by atoms with Crippen molar-refractivity contribution in [3.05, 3.63) is 23.7 Å². The van der Waals surface area contributed by atoms with Crippen molar-refractivity contribution in [2.24, 2.45) is 0 Å². The van der Waals surface area contributed by atoms with Crippen molar-refractivity contribution in [2.75, 3.05) is 12.4 Å². The zero-order chi connectivity index (χ0) is 22.2. The van der Waals surface area contributed by atoms with Crippen molar-refractivity contribution in [3.63, 3.8) is 0 Å². The molecule has 0 amide bonds. The molecule has 0 saturated heterocycles. The second-order valence-electron chi connectivity index (χ2n) is 8.31. The number of unbranched alkanes of at least 4 members (excludes halogenated alkanes) is 5. The maximum Gasteiger partial charge on any atom is 0.368 e. The Hall–Kier alpha value is -0.670. The van der Waals surface area contributed by atoms with Crippen LogP contribution < -0.4 is 0 Å². The normalized spacial score (nSPS) is 17.7. The minimum atomic E-state index is -3.75. The van der Waals surface area contributed by atoms with Crippen LogP contribution in [0.2, 0.25) is 0 Å². The van der Waals surface area contributed by atoms with Gasteiger partial charge in [0.25, 0.3) is 0 Å². The van der Waals surface area contributed by atoms with E-state index < -0.39 is 10.0 Å². The van der Waals surface area contributed by atoms with Gasteiger partial charge in [-0.05, 0) is 47.8 Å². The van der Waals surface area contributed by atoms with Gasteiger partial charge in [-0.3, -0.25) is 0 Å². The lowest BCUT2D eigenvalue weighted by Gasteiger charge is -2.39. The summed E-state index contributed by atoms with van der Waals surface area (Å²) in [6.07, 6.45) is 12.3. The average Bonchev–Trinajstić information content (AvgIpc) is 3.26. The van der Waals surface area contributed by atoms with Crippen LogP contribution in [-0.2, 0) is 14.9 Å². The Balaban J connectivity index is 1.87. The molecule has 31 heavy (non-hydrogen) atoms. The summed E-state index contributed by atoms with van der Waals surface area (Å²) in [6, 6.07) is 5.30. The fourth-order valence-electron chi connectivity index (χ4n) is 4.38. The van der Waals surface area contributed by atoms with E-state index in [2.05, 4.69) is 11.9 Å². The van der Waals surface area contributed by atoms with Crippen LogP contribution in [0.25, 0.3) is 10.2 Å². The van der Waals surface area contributed by atoms with Gasteiger partial charge in [-0.1, -0.05) is 45.4 Å². The Morgan fingerprint density at radius 3 is 2.58 bits per heavy atom. The number of quaternary nitrogens is 1. The third-order valence-corrected chi connectivity index (χ3v) is 10.9. The fourth-order valence-corrected chi connectivity index (χ4v) is 8.91. The molecule has 1 unspecified atom stereocenters. The van der Waals surface area contributed by atoms with Gasteiger partial charge in [0.15, 0.2) is 0 Å². The van der Waals surface area contributed by atoms with Crippen LogP contribution in [0.3, 0.4) is 0 Å². The van der Waals surface area contributed by atoms with E-state index in [1.807, 2.05) is 13.0 Å². The molecule has 1 atom stereocenters. The summed E-state index contributed by atoms with van der Waals surface area (Å²) in [5.41, 5.74) is 2.50. The van der Waals surface area contributed by atoms with E-state index in [0.29, 0.717) is 11.5 Å². The number of hydroxylamine groups is 1. The smallest absolute Gasteiger partial charge is 0.245 e. The number of nitrogens with zero attached hydrogens (tertiary/aromatic N) is 2. The Kier molecular flexibility index (Phi) is 9.65. The van der Waals surface area contributed by atoms with Gasteiger partial charge >= 0.3 is 10.0 Å². The molecule has 1 aromatic heterocycles. The molecule has 1 saturated carbocycles. The Labute approximate surface area is 196 Å². The van der Waals surface area contributed by atoms with Crippen LogP contribution in [0.4, 0.5) is 0 Å². The quantitative estimate of drug-likeness (QED) is 0.131. The van der Waals surface area contributed by atoms with Crippen molar-refractivity contribution < 1.29 is 16.7 Å². The summed E-state index contributed by atoms with van der Waals surface area (Å²) in [7, 11) is -3.75. The summed E-state index contributed by atoms with van der Waals surface area (Å²) in [6.45, 7) is 4.50. The lowest BCUT2D eigenvalue weighted by atomic mass is 9.96. The predicted molar refractivity (Wildman–Crippen MR) is 131 cm³/mol. The molecule has 1 heterocycles. The molecule has 0 N–H and O–H groups in total. The first-order valence-electron chi connectivity index (χ1n) is 11.8. The van der Waals surface area contributed by atoms with E-state index in [0.717, 1.165) is 54.5 Å². The molecule has 1 aliphatic rings. The van der Waals surface area contributed by atoms with Crippen LogP contribution in [-0.4, -0.2) is 35.3 Å². The molecule has 0 spiro atoms. The van der Waals surface area contributed by atoms with E-state index in [9.17, 15) is 8.42 Å². The third kappa shape index (κ3) is 5.82. The van der Waals surface area contributed by atoms with Gasteiger partial charge in [-0.15, -0.1) is 11.3 Å². The first-order chi connectivity index (χ1) is 15.0. The van der Waals surface area contributed by atoms with Gasteiger partial charge in [0.1, 0.15) is 29.5 Å². The summed E-state index contributed by atoms with van der Waals surface area (Å²) >= 11 is 3.01. The topological polar surface area (TPSA) is 56.3 Å². The maximum atomic E-state index is 14.1. The van der Waals surface area contributed by atoms with Gasteiger partial charge in [0.2, 0.25) is 0 Å². The molecular formula is C23H37N2O3S3+. The Bertz CT molecular complexity index is 910. The molecule has 1 aromatic carbocycles. The minimum Gasteiger partial charge on any atom is -0.245 e. The van der Waals surface area contributed by atoms with E-state index in [1.165, 1.54) is 55.4 Å². The summed E-state index contributed by atoms with van der Waals surface area (Å²) in [5, 5.41) is 0. The van der Waals surface area contributed by atoms with Crippen molar-refractivity contribution in [3.8, 4) is 0 Å². The molecule has 2 aromatic rings. The number of benzene rings is 1. The Morgan fingerprint density at radius 1 is 1.10 bits per heavy atom. The molecule has 0 aliphatic heterocycles. The zero-order valence-corrected chi connectivity index (χ0v) is 21.4. The molecule has 174 valence electrons. The lowest BCUT2D eigenvalue weighted by molar-refractivity contribution is -0.916. The minimum absolute atomic E-state index is 0.0325. The fraction of sp³-hybridized carbons (Fsp3) is 0.696. The number of hydrogen-bond acceptors (Lipinski definition) is 6. The number of fused-ring (bicyclic) bond motifs is 1. The highest BCUT2D eigenvalue weighted by molar-refractivity contribution is 8.02. The van der Waals surface area contributed by atoms with Crippen molar-refractivity contribution in [1.29, 1.82) is 0 Å². The monoisotopic (exact) mass is 485 g/mol. The van der Waals surface area contributed by atoms with Crippen molar-refractivity contribution in [2.45, 2.75) is 95.4 Å². The first-order valence-corrected chi connectivity index (χ1v) is 15.1. The first kappa shape index (κ1) is 25.0. The van der Waals surface area contributed by atoms with Gasteiger partial charge in [-0.2, -0.15) is 13.3 Å². The van der Waals surface area contributed by atoms with Gasteiger partial charge in [0.05, 0.1) is 21.5 Å². The third-order valence-electron chi connectivity index (χ3n) is 6.03. The van der Waals surface area contributed by atoms with Crippen LogP contribution >= 0.6 is 23.3 Å². The van der Waals surface area contributed by atoms with Crippen LogP contribution in [0.5, 0.6) is 0 Å².